The predicted molar refractivity (Wildman–Crippen MR) is 219 cm³/mol. The Labute approximate surface area is 309 Å². The van der Waals surface area contributed by atoms with Crippen LogP contribution in [0.3, 0.4) is 0 Å². The van der Waals surface area contributed by atoms with Crippen molar-refractivity contribution >= 4 is 42.8 Å². The molecule has 5 rings (SSSR count). The Morgan fingerprint density at radius 2 is 0.700 bits per heavy atom. The highest BCUT2D eigenvalue weighted by atomic mass is 32.1. The lowest BCUT2D eigenvalue weighted by Crippen LogP contribution is -1.87. The molecule has 0 saturated heterocycles. The number of hydrogen-bond acceptors (Lipinski definition) is 2. The first-order valence-corrected chi connectivity index (χ1v) is 21.7. The number of fused-ring (bicyclic) bond motifs is 2. The van der Waals surface area contributed by atoms with Gasteiger partial charge in [-0.25, -0.2) is 8.78 Å². The van der Waals surface area contributed by atoms with Crippen LogP contribution in [0.4, 0.5) is 8.78 Å². The van der Waals surface area contributed by atoms with Gasteiger partial charge in [0.05, 0.1) is 9.75 Å². The van der Waals surface area contributed by atoms with Gasteiger partial charge in [-0.2, -0.15) is 0 Å². The fraction of sp³-hybridized carbons (Fsp3) is 0.522. The molecule has 0 N–H and O–H groups in total. The van der Waals surface area contributed by atoms with Crippen LogP contribution in [0.2, 0.25) is 0 Å². The maximum Gasteiger partial charge on any atom is 0.149 e. The van der Waals surface area contributed by atoms with Gasteiger partial charge in [0.2, 0.25) is 0 Å². The minimum Gasteiger partial charge on any atom is -0.205 e. The second kappa shape index (κ2) is 21.1. The molecular weight excluding hydrogens is 655 g/mol. The summed E-state index contributed by atoms with van der Waals surface area (Å²) in [6.07, 6.45) is 29.0. The molecule has 0 unspecified atom stereocenters. The highest BCUT2D eigenvalue weighted by Crippen LogP contribution is 2.44. The van der Waals surface area contributed by atoms with Gasteiger partial charge in [0, 0.05) is 20.2 Å². The molecule has 2 aromatic heterocycles. The molecule has 3 aromatic carbocycles. The van der Waals surface area contributed by atoms with Gasteiger partial charge in [-0.05, 0) is 60.1 Å². The number of aryl methyl sites for hydroxylation is 2. The number of rotatable bonds is 24. The monoisotopic (exact) mass is 714 g/mol. The third-order valence-corrected chi connectivity index (χ3v) is 12.8. The van der Waals surface area contributed by atoms with Gasteiger partial charge in [-0.15, -0.1) is 22.7 Å². The third-order valence-electron chi connectivity index (χ3n) is 10.4. The summed E-state index contributed by atoms with van der Waals surface area (Å²) in [6.45, 7) is 4.54. The average molecular weight is 715 g/mol. The van der Waals surface area contributed by atoms with Crippen LogP contribution >= 0.6 is 22.7 Å². The maximum atomic E-state index is 15.8. The number of benzene rings is 3. The van der Waals surface area contributed by atoms with E-state index in [1.807, 2.05) is 12.1 Å². The van der Waals surface area contributed by atoms with Crippen molar-refractivity contribution in [3.63, 3.8) is 0 Å². The van der Waals surface area contributed by atoms with Gasteiger partial charge in [-0.1, -0.05) is 178 Å². The first-order chi connectivity index (χ1) is 24.6. The summed E-state index contributed by atoms with van der Waals surface area (Å²) in [5.41, 5.74) is 4.43. The van der Waals surface area contributed by atoms with Gasteiger partial charge in [0.25, 0.3) is 0 Å². The lowest BCUT2D eigenvalue weighted by molar-refractivity contribution is 0.556. The van der Waals surface area contributed by atoms with E-state index in [4.69, 9.17) is 0 Å². The summed E-state index contributed by atoms with van der Waals surface area (Å²) in [6, 6.07) is 20.6. The highest BCUT2D eigenvalue weighted by Gasteiger charge is 2.19. The first-order valence-electron chi connectivity index (χ1n) is 20.1. The quantitative estimate of drug-likeness (QED) is 0.0558. The SMILES string of the molecule is CCCCCCCCCCCCc1ccc(-c2sc3cc4c(F)c(-c5ccc(CCCCCCCCCCCC)cc5)sc4cc3c2F)cc1. The smallest absolute Gasteiger partial charge is 0.149 e. The second-order valence-corrected chi connectivity index (χ2v) is 16.7. The molecule has 50 heavy (non-hydrogen) atoms. The predicted octanol–water partition coefficient (Wildman–Crippen LogP) is 16.7. The topological polar surface area (TPSA) is 0 Å². The minimum absolute atomic E-state index is 0.193. The molecule has 0 radical (unpaired) electrons. The summed E-state index contributed by atoms with van der Waals surface area (Å²) in [4.78, 5) is 1.28. The number of halogens is 2. The Morgan fingerprint density at radius 3 is 1.02 bits per heavy atom. The van der Waals surface area contributed by atoms with Gasteiger partial charge < -0.3 is 0 Å². The number of hydrogen-bond donors (Lipinski definition) is 0. The number of thiophene rings is 2. The second-order valence-electron chi connectivity index (χ2n) is 14.6. The van der Waals surface area contributed by atoms with E-state index in [0.29, 0.717) is 20.5 Å². The molecule has 0 atom stereocenters. The van der Waals surface area contributed by atoms with Crippen molar-refractivity contribution in [1.29, 1.82) is 0 Å². The molecule has 0 aliphatic carbocycles. The molecule has 0 aliphatic heterocycles. The average Bonchev–Trinajstić information content (AvgIpc) is 3.64. The number of unbranched alkanes of at least 4 members (excludes halogenated alkanes) is 18. The Hall–Kier alpha value is -2.56. The zero-order chi connectivity index (χ0) is 35.0. The van der Waals surface area contributed by atoms with Crippen LogP contribution in [0.5, 0.6) is 0 Å². The molecule has 0 spiro atoms. The molecular formula is C46H60F2S2. The van der Waals surface area contributed by atoms with Crippen molar-refractivity contribution in [3.05, 3.63) is 83.4 Å². The zero-order valence-corrected chi connectivity index (χ0v) is 32.5. The lowest BCUT2D eigenvalue weighted by atomic mass is 10.0. The van der Waals surface area contributed by atoms with Crippen molar-refractivity contribution in [2.24, 2.45) is 0 Å². The molecule has 2 heterocycles. The van der Waals surface area contributed by atoms with E-state index in [0.717, 1.165) is 33.4 Å². The van der Waals surface area contributed by atoms with Crippen LogP contribution in [-0.2, 0) is 12.8 Å². The first kappa shape index (κ1) is 38.7. The normalized spacial score (nSPS) is 11.8. The van der Waals surface area contributed by atoms with E-state index in [1.54, 1.807) is 0 Å². The van der Waals surface area contributed by atoms with Crippen molar-refractivity contribution in [3.8, 4) is 20.9 Å². The Bertz CT molecular complexity index is 1570. The fourth-order valence-electron chi connectivity index (χ4n) is 7.28. The third kappa shape index (κ3) is 11.2. The summed E-state index contributed by atoms with van der Waals surface area (Å²) in [5, 5.41) is 1.18. The van der Waals surface area contributed by atoms with Crippen LogP contribution < -0.4 is 0 Å². The lowest BCUT2D eigenvalue weighted by Gasteiger charge is -2.05. The molecule has 0 amide bonds. The molecule has 270 valence electrons. The van der Waals surface area contributed by atoms with E-state index >= 15 is 8.78 Å². The fourth-order valence-corrected chi connectivity index (χ4v) is 9.49. The highest BCUT2D eigenvalue weighted by molar-refractivity contribution is 7.24. The summed E-state index contributed by atoms with van der Waals surface area (Å²) < 4.78 is 33.2. The standard InChI is InChI=1S/C46H60F2S2/c1-3-5-7-9-11-13-15-17-19-21-23-35-25-29-37(30-26-35)45-43(47)39-33-42-40(34-41(39)49-45)44(48)46(50-42)38-31-27-36(28-32-38)24-22-20-18-16-14-12-10-8-6-4-2/h25-34H,3-24H2,1-2H3. The van der Waals surface area contributed by atoms with Crippen molar-refractivity contribution in [2.45, 2.75) is 155 Å². The largest absolute Gasteiger partial charge is 0.205 e. The molecule has 5 aromatic rings. The van der Waals surface area contributed by atoms with E-state index < -0.39 is 0 Å². The van der Waals surface area contributed by atoms with E-state index in [9.17, 15) is 0 Å². The van der Waals surface area contributed by atoms with Crippen molar-refractivity contribution < 1.29 is 8.78 Å². The molecule has 0 bridgehead atoms. The molecule has 0 aliphatic rings. The van der Waals surface area contributed by atoms with Gasteiger partial charge in [0.15, 0.2) is 0 Å². The molecule has 4 heteroatoms. The Kier molecular flexibility index (Phi) is 16.3. The molecule has 0 nitrogen and oxygen atoms in total. The van der Waals surface area contributed by atoms with E-state index in [1.165, 1.54) is 162 Å². The van der Waals surface area contributed by atoms with E-state index in [-0.39, 0.29) is 11.6 Å². The van der Waals surface area contributed by atoms with Gasteiger partial charge in [0.1, 0.15) is 11.6 Å². The van der Waals surface area contributed by atoms with Crippen LogP contribution in [0.15, 0.2) is 60.7 Å². The Morgan fingerprint density at radius 1 is 0.400 bits per heavy atom. The zero-order valence-electron chi connectivity index (χ0n) is 30.9. The van der Waals surface area contributed by atoms with Crippen LogP contribution in [-0.4, -0.2) is 0 Å². The van der Waals surface area contributed by atoms with Crippen LogP contribution in [0.25, 0.3) is 41.1 Å². The minimum atomic E-state index is -0.193. The summed E-state index contributed by atoms with van der Waals surface area (Å²) in [5.74, 6) is -0.387. The Balaban J connectivity index is 1.11. The summed E-state index contributed by atoms with van der Waals surface area (Å²) >= 11 is 2.86. The summed E-state index contributed by atoms with van der Waals surface area (Å²) in [7, 11) is 0. The van der Waals surface area contributed by atoms with Crippen LogP contribution in [0, 0.1) is 11.6 Å². The maximum absolute atomic E-state index is 15.8. The van der Waals surface area contributed by atoms with Crippen LogP contribution in [0.1, 0.15) is 153 Å². The van der Waals surface area contributed by atoms with Crippen molar-refractivity contribution in [2.75, 3.05) is 0 Å². The van der Waals surface area contributed by atoms with E-state index in [2.05, 4.69) is 62.4 Å². The van der Waals surface area contributed by atoms with Gasteiger partial charge in [-0.3, -0.25) is 0 Å². The van der Waals surface area contributed by atoms with Gasteiger partial charge >= 0.3 is 0 Å². The molecule has 0 fully saturated rings. The van der Waals surface area contributed by atoms with Crippen molar-refractivity contribution in [1.82, 2.24) is 0 Å². The molecule has 0 saturated carbocycles.